The fraction of sp³-hybridized carbons (Fsp3) is 0.379. The van der Waals surface area contributed by atoms with E-state index in [4.69, 9.17) is 21.1 Å². The van der Waals surface area contributed by atoms with E-state index < -0.39 is 41.0 Å². The van der Waals surface area contributed by atoms with Gasteiger partial charge in [-0.3, -0.25) is 9.88 Å². The highest BCUT2D eigenvalue weighted by Gasteiger charge is 2.39. The van der Waals surface area contributed by atoms with Gasteiger partial charge in [-0.25, -0.2) is 19.2 Å². The molecule has 0 bridgehead atoms. The number of aromatic nitrogens is 4. The van der Waals surface area contributed by atoms with Crippen LogP contribution < -0.4 is 4.74 Å². The number of hydrogen-bond donors (Lipinski definition) is 1. The first-order valence-corrected chi connectivity index (χ1v) is 14.0. The SMILES string of the molecule is C[C@H]1c2nc(OCc3ccc(Cl)cn3)c(C(F)(F)F)cc2CCN1Cc1nc2ccc(C(=O)O)c(F)c2n1C[C@@H]1CCO1. The second-order valence-electron chi connectivity index (χ2n) is 10.6. The number of aromatic carboxylic acids is 1. The van der Waals surface area contributed by atoms with Crippen LogP contribution in [0.4, 0.5) is 17.6 Å². The molecule has 0 spiro atoms. The molecule has 14 heteroatoms. The Hall–Kier alpha value is -3.81. The number of carbonyl (C=O) groups is 1. The molecular weight excluding hydrogens is 594 g/mol. The summed E-state index contributed by atoms with van der Waals surface area (Å²) in [6.45, 7) is 3.08. The summed E-state index contributed by atoms with van der Waals surface area (Å²) in [5, 5.41) is 9.85. The van der Waals surface area contributed by atoms with Crippen LogP contribution in [0.2, 0.25) is 5.02 Å². The highest BCUT2D eigenvalue weighted by atomic mass is 35.5. The van der Waals surface area contributed by atoms with E-state index in [2.05, 4.69) is 15.0 Å². The van der Waals surface area contributed by atoms with Gasteiger partial charge in [0, 0.05) is 19.3 Å². The van der Waals surface area contributed by atoms with Gasteiger partial charge in [0.15, 0.2) is 5.82 Å². The lowest BCUT2D eigenvalue weighted by molar-refractivity contribution is -0.139. The van der Waals surface area contributed by atoms with Crippen LogP contribution in [-0.4, -0.2) is 54.8 Å². The maximum atomic E-state index is 15.4. The van der Waals surface area contributed by atoms with Crippen molar-refractivity contribution in [3.05, 3.63) is 81.3 Å². The van der Waals surface area contributed by atoms with Gasteiger partial charge in [-0.2, -0.15) is 13.2 Å². The van der Waals surface area contributed by atoms with E-state index in [9.17, 15) is 23.1 Å². The Morgan fingerprint density at radius 3 is 2.67 bits per heavy atom. The number of rotatable bonds is 8. The van der Waals surface area contributed by atoms with Gasteiger partial charge in [-0.05, 0) is 55.7 Å². The summed E-state index contributed by atoms with van der Waals surface area (Å²) < 4.78 is 70.2. The normalized spacial score (nSPS) is 18.8. The molecule has 6 rings (SSSR count). The smallest absolute Gasteiger partial charge is 0.421 e. The third-order valence-corrected chi connectivity index (χ3v) is 8.07. The van der Waals surface area contributed by atoms with Crippen LogP contribution in [0.5, 0.6) is 5.88 Å². The molecule has 43 heavy (non-hydrogen) atoms. The van der Waals surface area contributed by atoms with Crippen LogP contribution in [-0.2, 0) is 37.0 Å². The third-order valence-electron chi connectivity index (χ3n) is 7.84. The Morgan fingerprint density at radius 1 is 1.23 bits per heavy atom. The van der Waals surface area contributed by atoms with E-state index >= 15 is 4.39 Å². The van der Waals surface area contributed by atoms with Crippen LogP contribution in [0.25, 0.3) is 11.0 Å². The number of carboxylic acid groups (broad SMARTS) is 1. The van der Waals surface area contributed by atoms with Crippen molar-refractivity contribution in [2.24, 2.45) is 0 Å². The number of halogens is 5. The van der Waals surface area contributed by atoms with Crippen molar-refractivity contribution in [2.75, 3.05) is 13.2 Å². The molecule has 2 atom stereocenters. The first kappa shape index (κ1) is 29.3. The van der Waals surface area contributed by atoms with E-state index in [-0.39, 0.29) is 37.7 Å². The number of hydrogen-bond acceptors (Lipinski definition) is 7. The fourth-order valence-electron chi connectivity index (χ4n) is 5.43. The lowest BCUT2D eigenvalue weighted by Gasteiger charge is -2.35. The molecule has 5 heterocycles. The van der Waals surface area contributed by atoms with Crippen LogP contribution >= 0.6 is 11.6 Å². The van der Waals surface area contributed by atoms with Gasteiger partial charge in [0.05, 0.1) is 52.7 Å². The molecule has 4 aromatic rings. The summed E-state index contributed by atoms with van der Waals surface area (Å²) in [5.74, 6) is -2.32. The molecule has 1 N–H and O–H groups in total. The number of benzene rings is 1. The van der Waals surface area contributed by atoms with Gasteiger partial charge in [0.25, 0.3) is 0 Å². The molecule has 0 unspecified atom stereocenters. The second kappa shape index (κ2) is 11.4. The number of nitrogens with zero attached hydrogens (tertiary/aromatic N) is 5. The Labute approximate surface area is 248 Å². The van der Waals surface area contributed by atoms with Crippen molar-refractivity contribution in [3.8, 4) is 5.88 Å². The summed E-state index contributed by atoms with van der Waals surface area (Å²) in [6.07, 6.45) is -2.41. The number of carboxylic acids is 1. The average molecular weight is 620 g/mol. The Morgan fingerprint density at radius 2 is 2.02 bits per heavy atom. The zero-order valence-corrected chi connectivity index (χ0v) is 23.6. The van der Waals surface area contributed by atoms with Crippen molar-refractivity contribution < 1.29 is 36.9 Å². The minimum atomic E-state index is -4.68. The van der Waals surface area contributed by atoms with E-state index in [1.807, 2.05) is 11.8 Å². The van der Waals surface area contributed by atoms with Gasteiger partial charge in [0.1, 0.15) is 23.5 Å². The number of pyridine rings is 2. The van der Waals surface area contributed by atoms with Gasteiger partial charge < -0.3 is 19.1 Å². The summed E-state index contributed by atoms with van der Waals surface area (Å²) in [4.78, 5) is 26.6. The summed E-state index contributed by atoms with van der Waals surface area (Å²) in [6, 6.07) is 6.43. The zero-order chi connectivity index (χ0) is 30.5. The standard InChI is InChI=1S/C29H26ClF4N5O4/c1-15-25-16(10-21(29(32,33)34)27(37-25)43-14-18-3-2-17(30)11-35-18)6-8-38(15)13-23-36-22-5-4-20(28(40)41)24(31)26(22)39(23)12-19-7-9-42-19/h2-5,10-11,15,19H,6-9,12-14H2,1H3,(H,40,41)/t15-,19-/m0/s1. The van der Waals surface area contributed by atoms with Crippen molar-refractivity contribution >= 4 is 28.6 Å². The maximum Gasteiger partial charge on any atom is 0.421 e. The molecule has 0 amide bonds. The van der Waals surface area contributed by atoms with Crippen molar-refractivity contribution in [1.29, 1.82) is 0 Å². The molecule has 226 valence electrons. The Kier molecular flexibility index (Phi) is 7.73. The van der Waals surface area contributed by atoms with Crippen LogP contribution in [0.15, 0.2) is 36.5 Å². The molecule has 1 saturated heterocycles. The van der Waals surface area contributed by atoms with Gasteiger partial charge >= 0.3 is 12.1 Å². The minimum absolute atomic E-state index is 0.0786. The number of alkyl halides is 3. The molecule has 9 nitrogen and oxygen atoms in total. The molecule has 0 aliphatic carbocycles. The zero-order valence-electron chi connectivity index (χ0n) is 22.9. The summed E-state index contributed by atoms with van der Waals surface area (Å²) in [7, 11) is 0. The Balaban J connectivity index is 1.32. The third kappa shape index (κ3) is 5.76. The molecular formula is C29H26ClF4N5O4. The van der Waals surface area contributed by atoms with Crippen molar-refractivity contribution in [1.82, 2.24) is 24.4 Å². The minimum Gasteiger partial charge on any atom is -0.478 e. The summed E-state index contributed by atoms with van der Waals surface area (Å²) in [5.41, 5.74) is 0.244. The lowest BCUT2D eigenvalue weighted by Crippen LogP contribution is -2.36. The first-order chi connectivity index (χ1) is 20.5. The fourth-order valence-corrected chi connectivity index (χ4v) is 5.55. The predicted molar refractivity (Wildman–Crippen MR) is 146 cm³/mol. The summed E-state index contributed by atoms with van der Waals surface area (Å²) >= 11 is 5.85. The van der Waals surface area contributed by atoms with E-state index in [1.165, 1.54) is 18.3 Å². The molecule has 0 radical (unpaired) electrons. The molecule has 2 aliphatic heterocycles. The number of fused-ring (bicyclic) bond motifs is 2. The molecule has 1 fully saturated rings. The Bertz CT molecular complexity index is 1690. The van der Waals surface area contributed by atoms with E-state index in [1.54, 1.807) is 16.7 Å². The topological polar surface area (TPSA) is 103 Å². The van der Waals surface area contributed by atoms with Gasteiger partial charge in [0.2, 0.25) is 5.88 Å². The van der Waals surface area contributed by atoms with Crippen molar-refractivity contribution in [2.45, 2.75) is 57.8 Å². The molecule has 0 saturated carbocycles. The number of imidazole rings is 1. The van der Waals surface area contributed by atoms with Gasteiger partial charge in [-0.15, -0.1) is 0 Å². The van der Waals surface area contributed by atoms with Crippen LogP contribution in [0, 0.1) is 5.82 Å². The van der Waals surface area contributed by atoms with Gasteiger partial charge in [-0.1, -0.05) is 11.6 Å². The lowest BCUT2D eigenvalue weighted by atomic mass is 9.97. The highest BCUT2D eigenvalue weighted by Crippen LogP contribution is 2.40. The van der Waals surface area contributed by atoms with E-state index in [0.717, 1.165) is 12.5 Å². The van der Waals surface area contributed by atoms with Crippen LogP contribution in [0.3, 0.4) is 0 Å². The predicted octanol–water partition coefficient (Wildman–Crippen LogP) is 5.82. The monoisotopic (exact) mass is 619 g/mol. The molecule has 3 aromatic heterocycles. The van der Waals surface area contributed by atoms with E-state index in [0.29, 0.717) is 46.5 Å². The maximum absolute atomic E-state index is 15.4. The molecule has 2 aliphatic rings. The van der Waals surface area contributed by atoms with Crippen molar-refractivity contribution in [3.63, 3.8) is 0 Å². The average Bonchev–Trinajstić information content (AvgIpc) is 3.28. The largest absolute Gasteiger partial charge is 0.478 e. The quantitative estimate of drug-likeness (QED) is 0.246. The number of ether oxygens (including phenoxy) is 2. The molecule has 1 aromatic carbocycles. The second-order valence-corrected chi connectivity index (χ2v) is 11.0. The highest BCUT2D eigenvalue weighted by molar-refractivity contribution is 6.30. The first-order valence-electron chi connectivity index (χ1n) is 13.6. The van der Waals surface area contributed by atoms with Crippen LogP contribution in [0.1, 0.15) is 58.1 Å².